The van der Waals surface area contributed by atoms with Gasteiger partial charge < -0.3 is 14.8 Å². The molecule has 1 unspecified atom stereocenters. The summed E-state index contributed by atoms with van der Waals surface area (Å²) < 4.78 is 10.1. The number of ether oxygens (including phenoxy) is 2. The zero-order valence-electron chi connectivity index (χ0n) is 12.4. The predicted molar refractivity (Wildman–Crippen MR) is 82.0 cm³/mol. The number of rotatable bonds is 8. The van der Waals surface area contributed by atoms with Crippen LogP contribution in [0.2, 0.25) is 0 Å². The van der Waals surface area contributed by atoms with Crippen molar-refractivity contribution in [3.05, 3.63) is 12.7 Å². The van der Waals surface area contributed by atoms with Crippen LogP contribution in [0.5, 0.6) is 0 Å². The lowest BCUT2D eigenvalue weighted by Gasteiger charge is -2.22. The molecule has 0 saturated heterocycles. The van der Waals surface area contributed by atoms with E-state index in [9.17, 15) is 9.59 Å². The van der Waals surface area contributed by atoms with Crippen LogP contribution in [0.3, 0.4) is 0 Å². The van der Waals surface area contributed by atoms with Gasteiger partial charge in [0.15, 0.2) is 0 Å². The van der Waals surface area contributed by atoms with E-state index in [1.54, 1.807) is 20.8 Å². The van der Waals surface area contributed by atoms with Gasteiger partial charge in [0.05, 0.1) is 0 Å². The van der Waals surface area contributed by atoms with E-state index in [-0.39, 0.29) is 6.61 Å². The number of hydrogen-bond donors (Lipinski definition) is 1. The summed E-state index contributed by atoms with van der Waals surface area (Å²) in [6.07, 6.45) is 3.11. The van der Waals surface area contributed by atoms with Gasteiger partial charge in [-0.15, -0.1) is 0 Å². The van der Waals surface area contributed by atoms with Crippen molar-refractivity contribution in [1.29, 1.82) is 0 Å². The first-order valence-corrected chi connectivity index (χ1v) is 7.75. The van der Waals surface area contributed by atoms with Gasteiger partial charge in [0.1, 0.15) is 18.2 Å². The smallest absolute Gasteiger partial charge is 0.408 e. The third kappa shape index (κ3) is 9.83. The van der Waals surface area contributed by atoms with Gasteiger partial charge in [-0.25, -0.2) is 9.59 Å². The van der Waals surface area contributed by atoms with Gasteiger partial charge in [-0.3, -0.25) is 0 Å². The van der Waals surface area contributed by atoms with Gasteiger partial charge in [0, 0.05) is 5.33 Å². The summed E-state index contributed by atoms with van der Waals surface area (Å²) in [5.74, 6) is -0.467. The zero-order chi connectivity index (χ0) is 15.6. The lowest BCUT2D eigenvalue weighted by molar-refractivity contribution is -0.145. The Kier molecular flexibility index (Phi) is 9.29. The molecule has 5 nitrogen and oxygen atoms in total. The highest BCUT2D eigenvalue weighted by molar-refractivity contribution is 9.09. The molecule has 0 aromatic rings. The van der Waals surface area contributed by atoms with Gasteiger partial charge in [0.25, 0.3) is 0 Å². The van der Waals surface area contributed by atoms with E-state index in [4.69, 9.17) is 9.47 Å². The zero-order valence-corrected chi connectivity index (χ0v) is 14.0. The van der Waals surface area contributed by atoms with Gasteiger partial charge in [-0.2, -0.15) is 0 Å². The third-order valence-corrected chi connectivity index (χ3v) is 2.76. The van der Waals surface area contributed by atoms with Crippen LogP contribution in [0.25, 0.3) is 0 Å². The van der Waals surface area contributed by atoms with Crippen LogP contribution >= 0.6 is 15.9 Å². The van der Waals surface area contributed by atoms with E-state index >= 15 is 0 Å². The number of unbranched alkanes of at least 4 members (excludes halogenated alkanes) is 1. The van der Waals surface area contributed by atoms with E-state index in [2.05, 4.69) is 27.8 Å². The van der Waals surface area contributed by atoms with Crippen LogP contribution in [0, 0.1) is 0 Å². The van der Waals surface area contributed by atoms with Crippen molar-refractivity contribution in [1.82, 2.24) is 5.32 Å². The molecule has 1 atom stereocenters. The predicted octanol–water partition coefficient (Wildman–Crippen LogP) is 3.17. The summed E-state index contributed by atoms with van der Waals surface area (Å²) in [6.45, 7) is 8.91. The molecule has 0 aliphatic heterocycles. The Morgan fingerprint density at radius 2 is 2.00 bits per heavy atom. The normalized spacial score (nSPS) is 12.4. The Labute approximate surface area is 129 Å². The fraction of sp³-hybridized carbons (Fsp3) is 0.714. The summed E-state index contributed by atoms with van der Waals surface area (Å²) in [4.78, 5) is 23.6. The van der Waals surface area contributed by atoms with Crippen LogP contribution < -0.4 is 5.32 Å². The van der Waals surface area contributed by atoms with Crippen molar-refractivity contribution in [2.45, 2.75) is 51.7 Å². The number of nitrogens with one attached hydrogen (secondary N) is 1. The van der Waals surface area contributed by atoms with E-state index in [1.807, 2.05) is 0 Å². The molecular formula is C14H24BrNO4. The molecule has 0 radical (unpaired) electrons. The van der Waals surface area contributed by atoms with E-state index < -0.39 is 23.7 Å². The summed E-state index contributed by atoms with van der Waals surface area (Å²) in [7, 11) is 0. The van der Waals surface area contributed by atoms with Crippen molar-refractivity contribution < 1.29 is 19.1 Å². The van der Waals surface area contributed by atoms with E-state index in [1.165, 1.54) is 6.08 Å². The van der Waals surface area contributed by atoms with Gasteiger partial charge >= 0.3 is 12.1 Å². The molecule has 6 heteroatoms. The van der Waals surface area contributed by atoms with E-state index in [0.29, 0.717) is 6.42 Å². The maximum atomic E-state index is 11.8. The number of carbonyl (C=O) groups excluding carboxylic acids is 2. The highest BCUT2D eigenvalue weighted by Crippen LogP contribution is 2.09. The Bertz CT molecular complexity index is 326. The SMILES string of the molecule is C=CCOC(=O)C(CCCCBr)NC(=O)OC(C)(C)C. The Morgan fingerprint density at radius 1 is 1.35 bits per heavy atom. The number of esters is 1. The average Bonchev–Trinajstić information content (AvgIpc) is 2.32. The lowest BCUT2D eigenvalue weighted by atomic mass is 10.1. The van der Waals surface area contributed by atoms with Crippen molar-refractivity contribution in [3.63, 3.8) is 0 Å². The van der Waals surface area contributed by atoms with Crippen molar-refractivity contribution >= 4 is 28.0 Å². The second kappa shape index (κ2) is 9.80. The van der Waals surface area contributed by atoms with E-state index in [0.717, 1.165) is 18.2 Å². The van der Waals surface area contributed by atoms with Crippen LogP contribution in [-0.2, 0) is 14.3 Å². The molecule has 0 rings (SSSR count). The molecule has 1 amide bonds. The molecule has 0 aliphatic rings. The van der Waals surface area contributed by atoms with Crippen LogP contribution in [0.1, 0.15) is 40.0 Å². The van der Waals surface area contributed by atoms with Gasteiger partial charge in [0.2, 0.25) is 0 Å². The van der Waals surface area contributed by atoms with Gasteiger partial charge in [-0.05, 0) is 40.0 Å². The number of amides is 1. The molecule has 0 bridgehead atoms. The minimum Gasteiger partial charge on any atom is -0.460 e. The van der Waals surface area contributed by atoms with Crippen LogP contribution in [0.4, 0.5) is 4.79 Å². The standard InChI is InChI=1S/C14H24BrNO4/c1-5-10-19-12(17)11(8-6-7-9-15)16-13(18)20-14(2,3)4/h5,11H,1,6-10H2,2-4H3,(H,16,18). The van der Waals surface area contributed by atoms with Crippen molar-refractivity contribution in [2.24, 2.45) is 0 Å². The van der Waals surface area contributed by atoms with Gasteiger partial charge in [-0.1, -0.05) is 28.6 Å². The first-order chi connectivity index (χ1) is 9.30. The first kappa shape index (κ1) is 19.0. The topological polar surface area (TPSA) is 64.6 Å². The molecule has 0 fully saturated rings. The largest absolute Gasteiger partial charge is 0.460 e. The molecule has 0 aromatic carbocycles. The van der Waals surface area contributed by atoms with Crippen molar-refractivity contribution in [3.8, 4) is 0 Å². The molecule has 0 aromatic heterocycles. The van der Waals surface area contributed by atoms with Crippen LogP contribution in [-0.4, -0.2) is 35.6 Å². The average molecular weight is 350 g/mol. The van der Waals surface area contributed by atoms with Crippen molar-refractivity contribution in [2.75, 3.05) is 11.9 Å². The summed E-state index contributed by atoms with van der Waals surface area (Å²) in [5, 5.41) is 3.41. The molecule has 0 saturated carbocycles. The monoisotopic (exact) mass is 349 g/mol. The molecule has 0 aliphatic carbocycles. The molecule has 0 heterocycles. The maximum absolute atomic E-state index is 11.8. The quantitative estimate of drug-likeness (QED) is 0.316. The Balaban J connectivity index is 4.46. The van der Waals surface area contributed by atoms with Crippen LogP contribution in [0.15, 0.2) is 12.7 Å². The number of alkyl carbamates (subject to hydrolysis) is 1. The minimum absolute atomic E-state index is 0.129. The third-order valence-electron chi connectivity index (χ3n) is 2.20. The fourth-order valence-electron chi connectivity index (χ4n) is 1.38. The number of carbonyl (C=O) groups is 2. The highest BCUT2D eigenvalue weighted by Gasteiger charge is 2.24. The number of halogens is 1. The number of hydrogen-bond acceptors (Lipinski definition) is 4. The Morgan fingerprint density at radius 3 is 2.50 bits per heavy atom. The second-order valence-corrected chi connectivity index (χ2v) is 6.10. The minimum atomic E-state index is -0.691. The molecule has 0 spiro atoms. The maximum Gasteiger partial charge on any atom is 0.408 e. The summed E-state index contributed by atoms with van der Waals surface area (Å²) in [6, 6.07) is -0.691. The first-order valence-electron chi connectivity index (χ1n) is 6.63. The Hall–Kier alpha value is -1.04. The molecular weight excluding hydrogens is 326 g/mol. The molecule has 1 N–H and O–H groups in total. The lowest BCUT2D eigenvalue weighted by Crippen LogP contribution is -2.44. The second-order valence-electron chi connectivity index (χ2n) is 5.30. The fourth-order valence-corrected chi connectivity index (χ4v) is 1.78. The highest BCUT2D eigenvalue weighted by atomic mass is 79.9. The summed E-state index contributed by atoms with van der Waals surface area (Å²) >= 11 is 3.33. The molecule has 20 heavy (non-hydrogen) atoms. The molecule has 116 valence electrons. The summed E-state index contributed by atoms with van der Waals surface area (Å²) in [5.41, 5.74) is -0.602. The number of alkyl halides is 1.